The third kappa shape index (κ3) is 4.38. The number of nitro groups is 1. The lowest BCUT2D eigenvalue weighted by Gasteiger charge is -2.28. The first-order valence-electron chi connectivity index (χ1n) is 10.3. The van der Waals surface area contributed by atoms with Gasteiger partial charge in [-0.1, -0.05) is 32.0 Å². The summed E-state index contributed by atoms with van der Waals surface area (Å²) in [6.45, 7) is 6.08. The standard InChI is InChI=1S/C23H24FN3O5/c1-3-25(4-2)13-14-26-20(17-7-5-6-8-18(17)24)19(22(29)23(26)30)21(28)15-9-11-16(12-10-15)27(31)32/h5-12,20,28H,3-4,13-14H2,1-2H3/b21-19+. The van der Waals surface area contributed by atoms with Gasteiger partial charge >= 0.3 is 0 Å². The highest BCUT2D eigenvalue weighted by molar-refractivity contribution is 6.46. The van der Waals surface area contributed by atoms with Gasteiger partial charge in [0.1, 0.15) is 11.6 Å². The smallest absolute Gasteiger partial charge is 0.295 e. The highest BCUT2D eigenvalue weighted by Crippen LogP contribution is 2.40. The molecule has 1 unspecified atom stereocenters. The highest BCUT2D eigenvalue weighted by Gasteiger charge is 2.46. The Morgan fingerprint density at radius 3 is 2.31 bits per heavy atom. The number of carbonyl (C=O) groups excluding carboxylic acids is 2. The number of amides is 1. The Kier molecular flexibility index (Phi) is 6.99. The van der Waals surface area contributed by atoms with Crippen molar-refractivity contribution < 1.29 is 24.0 Å². The van der Waals surface area contributed by atoms with Crippen LogP contribution in [0.1, 0.15) is 31.0 Å². The van der Waals surface area contributed by atoms with Crippen LogP contribution >= 0.6 is 0 Å². The SMILES string of the molecule is CCN(CC)CCN1C(=O)C(=O)/C(=C(/O)c2ccc([N+](=O)[O-])cc2)C1c1ccccc1F. The van der Waals surface area contributed by atoms with Crippen LogP contribution in [0.2, 0.25) is 0 Å². The van der Waals surface area contributed by atoms with E-state index in [-0.39, 0.29) is 28.9 Å². The Hall–Kier alpha value is -3.59. The third-order valence-corrected chi connectivity index (χ3v) is 5.64. The highest BCUT2D eigenvalue weighted by atomic mass is 19.1. The van der Waals surface area contributed by atoms with Gasteiger partial charge in [0.25, 0.3) is 17.4 Å². The van der Waals surface area contributed by atoms with E-state index in [9.17, 15) is 29.2 Å². The summed E-state index contributed by atoms with van der Waals surface area (Å²) >= 11 is 0. The fourth-order valence-electron chi connectivity index (χ4n) is 3.82. The van der Waals surface area contributed by atoms with Crippen molar-refractivity contribution in [2.75, 3.05) is 26.2 Å². The van der Waals surface area contributed by atoms with Gasteiger partial charge in [-0.2, -0.15) is 0 Å². The number of Topliss-reactive ketones (excluding diaryl/α,β-unsaturated/α-hetero) is 1. The minimum atomic E-state index is -1.11. The molecule has 1 N–H and O–H groups in total. The number of carbonyl (C=O) groups is 2. The Balaban J connectivity index is 2.11. The number of likely N-dealkylation sites (N-methyl/N-ethyl adjacent to an activating group) is 1. The van der Waals surface area contributed by atoms with Crippen LogP contribution in [0.5, 0.6) is 0 Å². The lowest BCUT2D eigenvalue weighted by molar-refractivity contribution is -0.384. The first-order chi connectivity index (χ1) is 15.3. The maximum absolute atomic E-state index is 14.7. The van der Waals surface area contributed by atoms with E-state index in [2.05, 4.69) is 4.90 Å². The molecule has 0 bridgehead atoms. The van der Waals surface area contributed by atoms with Crippen molar-refractivity contribution in [1.29, 1.82) is 0 Å². The second kappa shape index (κ2) is 9.69. The minimum Gasteiger partial charge on any atom is -0.507 e. The summed E-state index contributed by atoms with van der Waals surface area (Å²) < 4.78 is 14.7. The number of nitro benzene ring substituents is 1. The Bertz CT molecular complexity index is 1060. The molecule has 1 amide bonds. The van der Waals surface area contributed by atoms with Gasteiger partial charge in [0.05, 0.1) is 16.5 Å². The van der Waals surface area contributed by atoms with Crippen LogP contribution in [-0.2, 0) is 9.59 Å². The zero-order chi connectivity index (χ0) is 23.4. The first kappa shape index (κ1) is 23.1. The number of non-ortho nitro benzene ring substituents is 1. The maximum atomic E-state index is 14.7. The summed E-state index contributed by atoms with van der Waals surface area (Å²) in [5.41, 5.74) is -0.214. The molecule has 32 heavy (non-hydrogen) atoms. The molecule has 1 saturated heterocycles. The molecule has 0 saturated carbocycles. The van der Waals surface area contributed by atoms with Gasteiger partial charge < -0.3 is 14.9 Å². The molecule has 2 aromatic rings. The molecule has 0 aliphatic carbocycles. The molecule has 0 spiro atoms. The predicted molar refractivity (Wildman–Crippen MR) is 116 cm³/mol. The number of nitrogens with zero attached hydrogens (tertiary/aromatic N) is 3. The molecular formula is C23H24FN3O5. The number of hydrogen-bond donors (Lipinski definition) is 1. The summed E-state index contributed by atoms with van der Waals surface area (Å²) in [5, 5.41) is 21.8. The second-order valence-electron chi connectivity index (χ2n) is 7.34. The molecule has 0 aromatic heterocycles. The quantitative estimate of drug-likeness (QED) is 0.221. The lowest BCUT2D eigenvalue weighted by Crippen LogP contribution is -2.38. The molecule has 1 aliphatic rings. The largest absolute Gasteiger partial charge is 0.507 e. The number of aliphatic hydroxyl groups excluding tert-OH is 1. The van der Waals surface area contributed by atoms with Crippen molar-refractivity contribution in [3.63, 3.8) is 0 Å². The van der Waals surface area contributed by atoms with Crippen molar-refractivity contribution >= 4 is 23.1 Å². The zero-order valence-electron chi connectivity index (χ0n) is 17.8. The van der Waals surface area contributed by atoms with Crippen LogP contribution in [0, 0.1) is 15.9 Å². The van der Waals surface area contributed by atoms with Crippen molar-refractivity contribution in [1.82, 2.24) is 9.80 Å². The van der Waals surface area contributed by atoms with Crippen LogP contribution in [0.25, 0.3) is 5.76 Å². The van der Waals surface area contributed by atoms with Crippen LogP contribution in [-0.4, -0.2) is 57.7 Å². The van der Waals surface area contributed by atoms with E-state index in [1.807, 2.05) is 13.8 Å². The lowest BCUT2D eigenvalue weighted by atomic mass is 9.95. The van der Waals surface area contributed by atoms with Gasteiger partial charge in [0, 0.05) is 36.3 Å². The number of likely N-dealkylation sites (tertiary alicyclic amines) is 1. The van der Waals surface area contributed by atoms with E-state index in [1.165, 1.54) is 47.4 Å². The fourth-order valence-corrected chi connectivity index (χ4v) is 3.82. The van der Waals surface area contributed by atoms with Crippen molar-refractivity contribution in [2.45, 2.75) is 19.9 Å². The Labute approximate surface area is 184 Å². The first-order valence-corrected chi connectivity index (χ1v) is 10.3. The summed E-state index contributed by atoms with van der Waals surface area (Å²) in [6.07, 6.45) is 0. The number of hydrogen-bond acceptors (Lipinski definition) is 6. The van der Waals surface area contributed by atoms with Gasteiger partial charge in [-0.15, -0.1) is 0 Å². The second-order valence-corrected chi connectivity index (χ2v) is 7.34. The van der Waals surface area contributed by atoms with Gasteiger partial charge in [-0.05, 0) is 31.3 Å². The van der Waals surface area contributed by atoms with Gasteiger partial charge in [-0.3, -0.25) is 19.7 Å². The normalized spacial score (nSPS) is 17.9. The maximum Gasteiger partial charge on any atom is 0.295 e. The molecule has 3 rings (SSSR count). The molecule has 1 atom stereocenters. The Morgan fingerprint density at radius 1 is 1.12 bits per heavy atom. The molecular weight excluding hydrogens is 417 g/mol. The van der Waals surface area contributed by atoms with Crippen LogP contribution in [0.3, 0.4) is 0 Å². The average molecular weight is 441 g/mol. The van der Waals surface area contributed by atoms with Crippen LogP contribution in [0.15, 0.2) is 54.1 Å². The molecule has 9 heteroatoms. The summed E-state index contributed by atoms with van der Waals surface area (Å²) in [6, 6.07) is 9.62. The van der Waals surface area contributed by atoms with Gasteiger partial charge in [0.15, 0.2) is 0 Å². The summed E-state index contributed by atoms with van der Waals surface area (Å²) in [5.74, 6) is -2.86. The molecule has 2 aromatic carbocycles. The molecule has 1 fully saturated rings. The molecule has 8 nitrogen and oxygen atoms in total. The molecule has 168 valence electrons. The summed E-state index contributed by atoms with van der Waals surface area (Å²) in [4.78, 5) is 39.5. The number of halogens is 1. The number of rotatable bonds is 8. The molecule has 0 radical (unpaired) electrons. The van der Waals surface area contributed by atoms with E-state index in [4.69, 9.17) is 0 Å². The van der Waals surface area contributed by atoms with Crippen molar-refractivity contribution in [2.24, 2.45) is 0 Å². The van der Waals surface area contributed by atoms with E-state index in [1.54, 1.807) is 6.07 Å². The number of benzene rings is 2. The third-order valence-electron chi connectivity index (χ3n) is 5.64. The monoisotopic (exact) mass is 441 g/mol. The van der Waals surface area contributed by atoms with E-state index >= 15 is 0 Å². The van der Waals surface area contributed by atoms with Crippen molar-refractivity contribution in [3.05, 3.63) is 81.2 Å². The van der Waals surface area contributed by atoms with Gasteiger partial charge in [-0.25, -0.2) is 4.39 Å². The van der Waals surface area contributed by atoms with E-state index in [0.717, 1.165) is 13.1 Å². The van der Waals surface area contributed by atoms with E-state index in [0.29, 0.717) is 6.54 Å². The number of ketones is 1. The van der Waals surface area contributed by atoms with Crippen LogP contribution in [0.4, 0.5) is 10.1 Å². The van der Waals surface area contributed by atoms with Gasteiger partial charge in [0.2, 0.25) is 0 Å². The van der Waals surface area contributed by atoms with Crippen molar-refractivity contribution in [3.8, 4) is 0 Å². The minimum absolute atomic E-state index is 0.0923. The average Bonchev–Trinajstić information content (AvgIpc) is 3.04. The topological polar surface area (TPSA) is 104 Å². The molecule has 1 aliphatic heterocycles. The number of aliphatic hydroxyl groups is 1. The predicted octanol–water partition coefficient (Wildman–Crippen LogP) is 3.50. The van der Waals surface area contributed by atoms with Crippen LogP contribution < -0.4 is 0 Å². The fraction of sp³-hybridized carbons (Fsp3) is 0.304. The molecule has 1 heterocycles. The summed E-state index contributed by atoms with van der Waals surface area (Å²) in [7, 11) is 0. The van der Waals surface area contributed by atoms with E-state index < -0.39 is 34.2 Å². The Morgan fingerprint density at radius 2 is 1.75 bits per heavy atom. The zero-order valence-corrected chi connectivity index (χ0v) is 17.8.